The van der Waals surface area contributed by atoms with Crippen molar-refractivity contribution in [3.8, 4) is 11.5 Å². The molecule has 0 saturated heterocycles. The number of para-hydroxylation sites is 2. The Morgan fingerprint density at radius 2 is 1.92 bits per heavy atom. The Bertz CT molecular complexity index is 330. The highest BCUT2D eigenvalue weighted by atomic mass is 35.5. The van der Waals surface area contributed by atoms with Gasteiger partial charge in [0.05, 0.1) is 0 Å². The van der Waals surface area contributed by atoms with Crippen LogP contribution in [0.5, 0.6) is 11.5 Å². The zero-order valence-corrected chi connectivity index (χ0v) is 7.09. The summed E-state index contributed by atoms with van der Waals surface area (Å²) in [6.07, 6.45) is -2.32. The highest BCUT2D eigenvalue weighted by Crippen LogP contribution is 2.40. The molecule has 0 spiro atoms. The van der Waals surface area contributed by atoms with Crippen LogP contribution < -0.4 is 9.47 Å². The molecule has 1 heterocycles. The molecule has 0 fully saturated rings. The van der Waals surface area contributed by atoms with E-state index in [9.17, 15) is 8.78 Å². The van der Waals surface area contributed by atoms with Crippen LogP contribution in [0.1, 0.15) is 0 Å². The number of benzene rings is 1. The first-order valence-electron chi connectivity index (χ1n) is 3.56. The third-order valence-corrected chi connectivity index (χ3v) is 1.84. The SMILES string of the molecule is FC1Oc2ccccc2OC1(F)Cl. The van der Waals surface area contributed by atoms with Gasteiger partial charge in [-0.15, -0.1) is 0 Å². The van der Waals surface area contributed by atoms with Crippen molar-refractivity contribution in [1.82, 2.24) is 0 Å². The van der Waals surface area contributed by atoms with E-state index in [0.29, 0.717) is 0 Å². The van der Waals surface area contributed by atoms with Gasteiger partial charge in [-0.3, -0.25) is 0 Å². The van der Waals surface area contributed by atoms with Gasteiger partial charge in [0.2, 0.25) is 0 Å². The number of halogens is 3. The molecule has 5 heteroatoms. The quantitative estimate of drug-likeness (QED) is 0.608. The van der Waals surface area contributed by atoms with Crippen LogP contribution in [-0.2, 0) is 0 Å². The molecule has 0 saturated carbocycles. The Morgan fingerprint density at radius 3 is 2.62 bits per heavy atom. The zero-order valence-electron chi connectivity index (χ0n) is 6.34. The van der Waals surface area contributed by atoms with Gasteiger partial charge in [-0.2, -0.15) is 8.78 Å². The standard InChI is InChI=1S/C8H5ClF2O2/c9-8(11)7(10)12-5-3-1-2-4-6(5)13-8/h1-4,7H. The fourth-order valence-electron chi connectivity index (χ4n) is 1.00. The van der Waals surface area contributed by atoms with Crippen molar-refractivity contribution in [3.63, 3.8) is 0 Å². The minimum atomic E-state index is -2.94. The molecule has 0 aromatic heterocycles. The van der Waals surface area contributed by atoms with Gasteiger partial charge in [-0.05, 0) is 23.7 Å². The van der Waals surface area contributed by atoms with Crippen LogP contribution in [0, 0.1) is 0 Å². The maximum atomic E-state index is 13.0. The summed E-state index contributed by atoms with van der Waals surface area (Å²) in [5, 5.41) is -2.94. The molecule has 0 N–H and O–H groups in total. The lowest BCUT2D eigenvalue weighted by molar-refractivity contribution is -0.150. The normalized spacial score (nSPS) is 31.5. The van der Waals surface area contributed by atoms with Crippen LogP contribution in [0.15, 0.2) is 24.3 Å². The molecule has 0 amide bonds. The van der Waals surface area contributed by atoms with Crippen LogP contribution in [0.2, 0.25) is 0 Å². The minimum Gasteiger partial charge on any atom is -0.449 e. The molecule has 0 aliphatic carbocycles. The van der Waals surface area contributed by atoms with E-state index in [4.69, 9.17) is 11.6 Å². The van der Waals surface area contributed by atoms with Crippen molar-refractivity contribution in [2.75, 3.05) is 0 Å². The molecule has 2 atom stereocenters. The molecule has 1 aromatic carbocycles. The summed E-state index contributed by atoms with van der Waals surface area (Å²) in [5.74, 6) is 0.234. The molecule has 2 rings (SSSR count). The van der Waals surface area contributed by atoms with E-state index in [0.717, 1.165) is 0 Å². The summed E-state index contributed by atoms with van der Waals surface area (Å²) in [6.45, 7) is 0. The molecular weight excluding hydrogens is 202 g/mol. The Kier molecular flexibility index (Phi) is 1.80. The van der Waals surface area contributed by atoms with Gasteiger partial charge in [-0.25, -0.2) is 0 Å². The third-order valence-electron chi connectivity index (χ3n) is 1.59. The van der Waals surface area contributed by atoms with Crippen LogP contribution in [0.25, 0.3) is 0 Å². The van der Waals surface area contributed by atoms with Gasteiger partial charge < -0.3 is 9.47 Å². The van der Waals surface area contributed by atoms with Crippen LogP contribution >= 0.6 is 11.6 Å². The second-order valence-corrected chi connectivity index (χ2v) is 3.06. The average Bonchev–Trinajstić information content (AvgIpc) is 2.06. The highest BCUT2D eigenvalue weighted by molar-refractivity contribution is 6.22. The number of ether oxygens (including phenoxy) is 2. The van der Waals surface area contributed by atoms with E-state index in [1.165, 1.54) is 12.1 Å². The van der Waals surface area contributed by atoms with Crippen LogP contribution in [0.4, 0.5) is 8.78 Å². The summed E-state index contributed by atoms with van der Waals surface area (Å²) in [6, 6.07) is 6.13. The molecule has 13 heavy (non-hydrogen) atoms. The molecule has 0 bridgehead atoms. The van der Waals surface area contributed by atoms with Crippen molar-refractivity contribution in [3.05, 3.63) is 24.3 Å². The molecule has 1 aromatic rings. The number of rotatable bonds is 0. The van der Waals surface area contributed by atoms with E-state index in [1.807, 2.05) is 0 Å². The van der Waals surface area contributed by atoms with Gasteiger partial charge >= 0.3 is 11.7 Å². The Labute approximate surface area is 78.0 Å². The topological polar surface area (TPSA) is 18.5 Å². The summed E-state index contributed by atoms with van der Waals surface area (Å²) >= 11 is 5.06. The number of fused-ring (bicyclic) bond motifs is 1. The lowest BCUT2D eigenvalue weighted by atomic mass is 10.3. The van der Waals surface area contributed by atoms with Crippen molar-refractivity contribution in [1.29, 1.82) is 0 Å². The van der Waals surface area contributed by atoms with Gasteiger partial charge in [0.1, 0.15) is 0 Å². The van der Waals surface area contributed by atoms with Gasteiger partial charge in [0, 0.05) is 0 Å². The van der Waals surface area contributed by atoms with Crippen LogP contribution in [0.3, 0.4) is 0 Å². The fraction of sp³-hybridized carbons (Fsp3) is 0.250. The van der Waals surface area contributed by atoms with Crippen LogP contribution in [-0.4, -0.2) is 11.7 Å². The maximum Gasteiger partial charge on any atom is 0.395 e. The van der Waals surface area contributed by atoms with E-state index in [1.54, 1.807) is 12.1 Å². The van der Waals surface area contributed by atoms with E-state index in [-0.39, 0.29) is 11.5 Å². The van der Waals surface area contributed by atoms with Gasteiger partial charge in [0.15, 0.2) is 11.5 Å². The maximum absolute atomic E-state index is 13.0. The fourth-order valence-corrected chi connectivity index (χ4v) is 1.13. The summed E-state index contributed by atoms with van der Waals surface area (Å²) in [4.78, 5) is 0. The molecule has 0 radical (unpaired) electrons. The predicted octanol–water partition coefficient (Wildman–Crippen LogP) is 2.62. The smallest absolute Gasteiger partial charge is 0.395 e. The molecule has 70 valence electrons. The molecular formula is C8H5ClF2O2. The first-order valence-corrected chi connectivity index (χ1v) is 3.94. The Hall–Kier alpha value is -1.03. The lowest BCUT2D eigenvalue weighted by Crippen LogP contribution is -2.42. The molecule has 1 aliphatic rings. The highest BCUT2D eigenvalue weighted by Gasteiger charge is 2.46. The van der Waals surface area contributed by atoms with Crippen molar-refractivity contribution in [2.24, 2.45) is 0 Å². The Morgan fingerprint density at radius 1 is 1.31 bits per heavy atom. The summed E-state index contributed by atoms with van der Waals surface area (Å²) in [5.41, 5.74) is 0. The number of hydrogen-bond donors (Lipinski definition) is 0. The lowest BCUT2D eigenvalue weighted by Gasteiger charge is -2.29. The predicted molar refractivity (Wildman–Crippen MR) is 42.3 cm³/mol. The van der Waals surface area contributed by atoms with Gasteiger partial charge in [-0.1, -0.05) is 12.1 Å². The largest absolute Gasteiger partial charge is 0.449 e. The van der Waals surface area contributed by atoms with Crippen molar-refractivity contribution in [2.45, 2.75) is 11.7 Å². The summed E-state index contributed by atoms with van der Waals surface area (Å²) < 4.78 is 34.9. The zero-order chi connectivity index (χ0) is 9.47. The van der Waals surface area contributed by atoms with E-state index < -0.39 is 11.7 Å². The first-order chi connectivity index (χ1) is 6.09. The second kappa shape index (κ2) is 2.73. The molecule has 1 aliphatic heterocycles. The summed E-state index contributed by atoms with van der Waals surface area (Å²) in [7, 11) is 0. The second-order valence-electron chi connectivity index (χ2n) is 2.54. The average molecular weight is 207 g/mol. The molecule has 2 nitrogen and oxygen atoms in total. The molecule has 2 unspecified atom stereocenters. The van der Waals surface area contributed by atoms with Crippen molar-refractivity contribution < 1.29 is 18.3 Å². The monoisotopic (exact) mass is 206 g/mol. The minimum absolute atomic E-state index is 0.0916. The number of alkyl halides is 3. The van der Waals surface area contributed by atoms with E-state index >= 15 is 0 Å². The van der Waals surface area contributed by atoms with E-state index in [2.05, 4.69) is 9.47 Å². The van der Waals surface area contributed by atoms with Gasteiger partial charge in [0.25, 0.3) is 0 Å². The number of hydrogen-bond acceptors (Lipinski definition) is 2. The van der Waals surface area contributed by atoms with Crippen molar-refractivity contribution >= 4 is 11.6 Å². The first kappa shape index (κ1) is 8.56. The Balaban J connectivity index is 2.39. The third kappa shape index (κ3) is 1.42.